The minimum atomic E-state index is -0.343. The highest BCUT2D eigenvalue weighted by molar-refractivity contribution is 5.72. The predicted molar refractivity (Wildman–Crippen MR) is 111 cm³/mol. The molecule has 30 heavy (non-hydrogen) atoms. The molecule has 1 aliphatic rings. The molecule has 160 valence electrons. The Labute approximate surface area is 174 Å². The van der Waals surface area contributed by atoms with Crippen molar-refractivity contribution >= 4 is 23.2 Å². The minimum absolute atomic E-state index is 0.0853. The van der Waals surface area contributed by atoms with E-state index in [1.807, 2.05) is 19.9 Å². The second-order valence-corrected chi connectivity index (χ2v) is 7.72. The van der Waals surface area contributed by atoms with Crippen LogP contribution < -0.4 is 10.6 Å². The number of H-pyrrole nitrogens is 1. The highest BCUT2D eigenvalue weighted by Crippen LogP contribution is 2.36. The number of hydrogen-bond acceptors (Lipinski definition) is 7. The number of ether oxygens (including phenoxy) is 1. The van der Waals surface area contributed by atoms with E-state index in [0.29, 0.717) is 17.3 Å². The molecule has 1 saturated carbocycles. The van der Waals surface area contributed by atoms with Crippen LogP contribution in [0.2, 0.25) is 0 Å². The molecule has 0 radical (unpaired) electrons. The Morgan fingerprint density at radius 2 is 2.30 bits per heavy atom. The molecule has 0 unspecified atom stereocenters. The first-order valence-electron chi connectivity index (χ1n) is 10.3. The van der Waals surface area contributed by atoms with Gasteiger partial charge in [0.05, 0.1) is 12.3 Å². The second-order valence-electron chi connectivity index (χ2n) is 7.72. The molecule has 3 aromatic rings. The first kappa shape index (κ1) is 20.1. The summed E-state index contributed by atoms with van der Waals surface area (Å²) in [4.78, 5) is 16.3. The third-order valence-electron chi connectivity index (χ3n) is 5.52. The van der Waals surface area contributed by atoms with Crippen molar-refractivity contribution in [3.05, 3.63) is 35.9 Å². The van der Waals surface area contributed by atoms with Gasteiger partial charge in [-0.05, 0) is 38.7 Å². The van der Waals surface area contributed by atoms with Crippen LogP contribution in [0.3, 0.4) is 0 Å². The predicted octanol–water partition coefficient (Wildman–Crippen LogP) is 2.85. The summed E-state index contributed by atoms with van der Waals surface area (Å²) in [5.41, 5.74) is 2.33. The molecule has 3 aromatic heterocycles. The average molecular weight is 413 g/mol. The molecule has 1 amide bonds. The Morgan fingerprint density at radius 1 is 1.43 bits per heavy atom. The van der Waals surface area contributed by atoms with Gasteiger partial charge in [-0.1, -0.05) is 6.92 Å². The molecule has 0 spiro atoms. The summed E-state index contributed by atoms with van der Waals surface area (Å²) in [6, 6.07) is 3.85. The van der Waals surface area contributed by atoms with Crippen molar-refractivity contribution in [2.75, 3.05) is 5.32 Å². The Hall–Kier alpha value is -3.14. The van der Waals surface area contributed by atoms with Crippen LogP contribution >= 0.6 is 0 Å². The molecule has 3 heterocycles. The van der Waals surface area contributed by atoms with Gasteiger partial charge in [-0.3, -0.25) is 5.10 Å². The molecule has 0 aromatic carbocycles. The molecule has 10 nitrogen and oxygen atoms in total. The molecule has 4 rings (SSSR count). The smallest absolute Gasteiger partial charge is 0.407 e. The Kier molecular flexibility index (Phi) is 5.84. The zero-order valence-corrected chi connectivity index (χ0v) is 17.1. The fraction of sp³-hybridized carbons (Fsp3) is 0.500. The van der Waals surface area contributed by atoms with Gasteiger partial charge in [-0.25, -0.2) is 14.3 Å². The van der Waals surface area contributed by atoms with E-state index in [1.165, 1.54) is 0 Å². The Bertz CT molecular complexity index is 1010. The summed E-state index contributed by atoms with van der Waals surface area (Å²) in [6.45, 7) is 3.85. The van der Waals surface area contributed by atoms with Crippen molar-refractivity contribution in [3.8, 4) is 0 Å². The molecule has 0 aliphatic heterocycles. The number of rotatable bonds is 7. The van der Waals surface area contributed by atoms with E-state index in [-0.39, 0.29) is 30.8 Å². The van der Waals surface area contributed by atoms with Crippen LogP contribution in [0.4, 0.5) is 16.4 Å². The van der Waals surface area contributed by atoms with E-state index in [9.17, 15) is 9.90 Å². The molecule has 10 heteroatoms. The number of alkyl carbamates (subject to hydrolysis) is 1. The lowest BCUT2D eigenvalue weighted by Crippen LogP contribution is -2.34. The molecule has 3 atom stereocenters. The third kappa shape index (κ3) is 4.38. The van der Waals surface area contributed by atoms with E-state index in [0.717, 1.165) is 36.9 Å². The van der Waals surface area contributed by atoms with Gasteiger partial charge in [0, 0.05) is 36.1 Å². The second kappa shape index (κ2) is 8.70. The van der Waals surface area contributed by atoms with Crippen molar-refractivity contribution in [1.82, 2.24) is 30.1 Å². The van der Waals surface area contributed by atoms with Gasteiger partial charge < -0.3 is 20.5 Å². The fourth-order valence-corrected chi connectivity index (χ4v) is 3.70. The highest BCUT2D eigenvalue weighted by Gasteiger charge is 2.30. The van der Waals surface area contributed by atoms with Crippen LogP contribution in [0.5, 0.6) is 0 Å². The SMILES string of the molecule is CC[C@@H](C)NC(=O)O[C@@H]1CC[C@H](c2cc(Nc3nccn4nc(CO)cc34)n[nH]2)C1. The number of aromatic nitrogens is 5. The average Bonchev–Trinajstić information content (AvgIpc) is 3.47. The van der Waals surface area contributed by atoms with Gasteiger partial charge in [-0.2, -0.15) is 10.2 Å². The normalized spacial score (nSPS) is 19.7. The van der Waals surface area contributed by atoms with Crippen molar-refractivity contribution in [3.63, 3.8) is 0 Å². The fourth-order valence-electron chi connectivity index (χ4n) is 3.70. The lowest BCUT2D eigenvalue weighted by molar-refractivity contribution is 0.0974. The number of nitrogens with one attached hydrogen (secondary N) is 3. The van der Waals surface area contributed by atoms with E-state index in [4.69, 9.17) is 4.74 Å². The number of hydrogen-bond donors (Lipinski definition) is 4. The first-order chi connectivity index (χ1) is 14.6. The number of fused-ring (bicyclic) bond motifs is 1. The van der Waals surface area contributed by atoms with Crippen LogP contribution in [0, 0.1) is 0 Å². The van der Waals surface area contributed by atoms with Gasteiger partial charge in [-0.15, -0.1) is 0 Å². The minimum Gasteiger partial charge on any atom is -0.446 e. The summed E-state index contributed by atoms with van der Waals surface area (Å²) >= 11 is 0. The van der Waals surface area contributed by atoms with Gasteiger partial charge in [0.15, 0.2) is 11.6 Å². The molecule has 1 fully saturated rings. The highest BCUT2D eigenvalue weighted by atomic mass is 16.6. The molecular weight excluding hydrogens is 386 g/mol. The maximum atomic E-state index is 12.0. The number of aliphatic hydroxyl groups excluding tert-OH is 1. The van der Waals surface area contributed by atoms with Gasteiger partial charge >= 0.3 is 6.09 Å². The third-order valence-corrected chi connectivity index (χ3v) is 5.52. The van der Waals surface area contributed by atoms with E-state index < -0.39 is 0 Å². The number of amides is 1. The van der Waals surface area contributed by atoms with E-state index >= 15 is 0 Å². The van der Waals surface area contributed by atoms with Crippen molar-refractivity contribution < 1.29 is 14.6 Å². The van der Waals surface area contributed by atoms with Gasteiger partial charge in [0.2, 0.25) is 0 Å². The monoisotopic (exact) mass is 413 g/mol. The molecule has 4 N–H and O–H groups in total. The van der Waals surface area contributed by atoms with Gasteiger partial charge in [0.1, 0.15) is 11.6 Å². The number of carbonyl (C=O) groups is 1. The number of aromatic amines is 1. The lowest BCUT2D eigenvalue weighted by Gasteiger charge is -2.16. The summed E-state index contributed by atoms with van der Waals surface area (Å²) in [5, 5.41) is 27.1. The van der Waals surface area contributed by atoms with Crippen molar-refractivity contribution in [1.29, 1.82) is 0 Å². The number of nitrogens with zero attached hydrogens (tertiary/aromatic N) is 4. The van der Waals surface area contributed by atoms with Crippen LogP contribution in [0.1, 0.15) is 56.8 Å². The molecule has 1 aliphatic carbocycles. The molecular formula is C20H27N7O3. The van der Waals surface area contributed by atoms with E-state index in [1.54, 1.807) is 23.0 Å². The Balaban J connectivity index is 1.38. The quantitative estimate of drug-likeness (QED) is 0.469. The Morgan fingerprint density at radius 3 is 3.10 bits per heavy atom. The van der Waals surface area contributed by atoms with Crippen molar-refractivity contribution in [2.45, 2.75) is 64.2 Å². The summed E-state index contributed by atoms with van der Waals surface area (Å²) in [6.07, 6.45) is 6.34. The van der Waals surface area contributed by atoms with Crippen LogP contribution in [0.25, 0.3) is 5.52 Å². The van der Waals surface area contributed by atoms with Gasteiger partial charge in [0.25, 0.3) is 0 Å². The lowest BCUT2D eigenvalue weighted by atomic mass is 10.0. The molecule has 0 saturated heterocycles. The summed E-state index contributed by atoms with van der Waals surface area (Å²) < 4.78 is 7.22. The maximum absolute atomic E-state index is 12.0. The van der Waals surface area contributed by atoms with Crippen LogP contribution in [-0.4, -0.2) is 48.1 Å². The largest absolute Gasteiger partial charge is 0.446 e. The van der Waals surface area contributed by atoms with Crippen molar-refractivity contribution in [2.24, 2.45) is 0 Å². The molecule has 0 bridgehead atoms. The number of carbonyl (C=O) groups excluding carboxylic acids is 1. The zero-order chi connectivity index (χ0) is 21.1. The topological polar surface area (TPSA) is 129 Å². The maximum Gasteiger partial charge on any atom is 0.407 e. The first-order valence-corrected chi connectivity index (χ1v) is 10.3. The zero-order valence-electron chi connectivity index (χ0n) is 17.1. The van der Waals surface area contributed by atoms with E-state index in [2.05, 4.69) is 30.9 Å². The standard InChI is InChI=1S/C20H27N7O3/c1-3-12(2)22-20(29)30-15-5-4-13(8-15)16-10-18(25-24-16)23-19-17-9-14(11-28)26-27(17)7-6-21-19/h6-7,9-10,12-13,15,28H,3-5,8,11H2,1-2H3,(H,22,29)(H2,21,23,24,25)/t12-,13+,15-/m1/s1. The van der Waals surface area contributed by atoms with Crippen LogP contribution in [0.15, 0.2) is 24.5 Å². The number of anilines is 2. The summed E-state index contributed by atoms with van der Waals surface area (Å²) in [5.74, 6) is 1.52. The number of aliphatic hydroxyl groups is 1. The van der Waals surface area contributed by atoms with Crippen LogP contribution in [-0.2, 0) is 11.3 Å². The summed E-state index contributed by atoms with van der Waals surface area (Å²) in [7, 11) is 0.